The van der Waals surface area contributed by atoms with Gasteiger partial charge in [0.15, 0.2) is 11.6 Å². The predicted octanol–water partition coefficient (Wildman–Crippen LogP) is 6.07. The number of hydrogen-bond donors (Lipinski definition) is 0. The van der Waals surface area contributed by atoms with E-state index in [9.17, 15) is 9.59 Å². The molecule has 0 bridgehead atoms. The van der Waals surface area contributed by atoms with E-state index in [0.717, 1.165) is 46.3 Å². The van der Waals surface area contributed by atoms with Crippen LogP contribution in [0.5, 0.6) is 0 Å². The SMILES string of the molecule is CCC1=CC(=C2C=C(C(C)(C)C)C(=O)C(C(C)(C)C)=C2)C=C(CC)C1=O. The predicted molar refractivity (Wildman–Crippen MR) is 109 cm³/mol. The highest BCUT2D eigenvalue weighted by Crippen LogP contribution is 2.40. The average molecular weight is 353 g/mol. The summed E-state index contributed by atoms with van der Waals surface area (Å²) in [6.07, 6.45) is 9.49. The molecule has 0 spiro atoms. The van der Waals surface area contributed by atoms with Crippen molar-refractivity contribution in [3.8, 4) is 0 Å². The normalized spacial score (nSPS) is 19.2. The van der Waals surface area contributed by atoms with Crippen LogP contribution in [0, 0.1) is 10.8 Å². The highest BCUT2D eigenvalue weighted by Gasteiger charge is 2.34. The number of carbonyl (C=O) groups excluding carboxylic acids is 2. The summed E-state index contributed by atoms with van der Waals surface area (Å²) in [6, 6.07) is 0. The molecule has 26 heavy (non-hydrogen) atoms. The van der Waals surface area contributed by atoms with Gasteiger partial charge < -0.3 is 0 Å². The monoisotopic (exact) mass is 352 g/mol. The van der Waals surface area contributed by atoms with Gasteiger partial charge in [0.25, 0.3) is 0 Å². The Morgan fingerprint density at radius 1 is 0.615 bits per heavy atom. The Kier molecular flexibility index (Phi) is 5.46. The maximum absolute atomic E-state index is 13.1. The van der Waals surface area contributed by atoms with Gasteiger partial charge in [-0.1, -0.05) is 55.4 Å². The number of Topliss-reactive ketones (excluding diaryl/α,β-unsaturated/α-hetero) is 2. The zero-order valence-electron chi connectivity index (χ0n) is 17.5. The summed E-state index contributed by atoms with van der Waals surface area (Å²) in [7, 11) is 0. The highest BCUT2D eigenvalue weighted by atomic mass is 16.1. The molecule has 0 unspecified atom stereocenters. The molecule has 2 heteroatoms. The lowest BCUT2D eigenvalue weighted by molar-refractivity contribution is -0.114. The topological polar surface area (TPSA) is 34.1 Å². The molecule has 0 aromatic rings. The van der Waals surface area contributed by atoms with E-state index >= 15 is 0 Å². The van der Waals surface area contributed by atoms with E-state index in [0.29, 0.717) is 0 Å². The van der Waals surface area contributed by atoms with E-state index in [-0.39, 0.29) is 22.4 Å². The molecule has 0 heterocycles. The molecule has 0 aliphatic heterocycles. The van der Waals surface area contributed by atoms with E-state index in [1.54, 1.807) is 0 Å². The van der Waals surface area contributed by atoms with Crippen LogP contribution >= 0.6 is 0 Å². The van der Waals surface area contributed by atoms with Gasteiger partial charge in [-0.3, -0.25) is 9.59 Å². The summed E-state index contributed by atoms with van der Waals surface area (Å²) >= 11 is 0. The fraction of sp³-hybridized carbons (Fsp3) is 0.500. The minimum absolute atomic E-state index is 0.139. The van der Waals surface area contributed by atoms with E-state index in [2.05, 4.69) is 41.5 Å². The van der Waals surface area contributed by atoms with Gasteiger partial charge in [0.2, 0.25) is 0 Å². The second-order valence-electron chi connectivity index (χ2n) is 9.23. The van der Waals surface area contributed by atoms with Crippen LogP contribution in [0.3, 0.4) is 0 Å². The van der Waals surface area contributed by atoms with Crippen LogP contribution in [-0.2, 0) is 9.59 Å². The Labute approximate surface area is 158 Å². The molecule has 2 aliphatic rings. The average Bonchev–Trinajstić information content (AvgIpc) is 2.53. The van der Waals surface area contributed by atoms with Crippen LogP contribution in [0.1, 0.15) is 68.2 Å². The van der Waals surface area contributed by atoms with Crippen molar-refractivity contribution in [3.63, 3.8) is 0 Å². The van der Waals surface area contributed by atoms with Gasteiger partial charge in [-0.2, -0.15) is 0 Å². The molecule has 0 amide bonds. The third-order valence-corrected chi connectivity index (χ3v) is 5.04. The first kappa shape index (κ1) is 20.4. The first-order valence-electron chi connectivity index (χ1n) is 9.59. The van der Waals surface area contributed by atoms with E-state index in [4.69, 9.17) is 0 Å². The van der Waals surface area contributed by atoms with Crippen molar-refractivity contribution < 1.29 is 9.59 Å². The minimum Gasteiger partial charge on any atom is -0.289 e. The molecule has 0 saturated heterocycles. The van der Waals surface area contributed by atoms with Crippen molar-refractivity contribution in [3.05, 3.63) is 57.7 Å². The van der Waals surface area contributed by atoms with Crippen molar-refractivity contribution in [2.75, 3.05) is 0 Å². The Morgan fingerprint density at radius 3 is 1.27 bits per heavy atom. The van der Waals surface area contributed by atoms with Gasteiger partial charge in [0.05, 0.1) is 0 Å². The standard InChI is InChI=1S/C24H32O2/c1-9-15-11-17(12-16(10-2)21(15)25)18-13-19(23(3,4)5)22(26)20(14-18)24(6,7)8/h11-14H,9-10H2,1-8H3. The van der Waals surface area contributed by atoms with Crippen LogP contribution in [0.2, 0.25) is 0 Å². The zero-order chi connectivity index (χ0) is 19.9. The molecule has 140 valence electrons. The molecule has 0 aromatic carbocycles. The summed E-state index contributed by atoms with van der Waals surface area (Å²) in [5, 5.41) is 0. The van der Waals surface area contributed by atoms with Crippen LogP contribution < -0.4 is 0 Å². The molecule has 2 rings (SSSR count). The second kappa shape index (κ2) is 6.98. The van der Waals surface area contributed by atoms with Gasteiger partial charge in [0, 0.05) is 22.3 Å². The quantitative estimate of drug-likeness (QED) is 0.605. The summed E-state index contributed by atoms with van der Waals surface area (Å²) < 4.78 is 0. The lowest BCUT2D eigenvalue weighted by atomic mass is 9.71. The van der Waals surface area contributed by atoms with Gasteiger partial charge in [-0.15, -0.1) is 0 Å². The number of ketones is 2. The largest absolute Gasteiger partial charge is 0.289 e. The van der Waals surface area contributed by atoms with Crippen molar-refractivity contribution in [1.29, 1.82) is 0 Å². The molecule has 0 saturated carbocycles. The number of carbonyl (C=O) groups is 2. The van der Waals surface area contributed by atoms with Gasteiger partial charge in [-0.25, -0.2) is 0 Å². The number of hydrogen-bond acceptors (Lipinski definition) is 2. The number of rotatable bonds is 2. The Hall–Kier alpha value is -1.96. The molecule has 0 aromatic heterocycles. The lowest BCUT2D eigenvalue weighted by Crippen LogP contribution is -2.28. The molecular formula is C24H32O2. The Balaban J connectivity index is 2.77. The molecule has 2 aliphatic carbocycles. The van der Waals surface area contributed by atoms with E-state index in [1.807, 2.05) is 38.2 Å². The maximum atomic E-state index is 13.1. The summed E-state index contributed by atoms with van der Waals surface area (Å²) in [4.78, 5) is 25.6. The summed E-state index contributed by atoms with van der Waals surface area (Å²) in [5.41, 5.74) is 4.97. The molecule has 0 N–H and O–H groups in total. The van der Waals surface area contributed by atoms with Gasteiger partial charge in [0.1, 0.15) is 0 Å². The van der Waals surface area contributed by atoms with Gasteiger partial charge >= 0.3 is 0 Å². The van der Waals surface area contributed by atoms with Crippen LogP contribution in [0.4, 0.5) is 0 Å². The summed E-state index contributed by atoms with van der Waals surface area (Å²) in [6.45, 7) is 16.5. The maximum Gasteiger partial charge on any atom is 0.186 e. The Bertz CT molecular complexity index is 732. The fourth-order valence-electron chi connectivity index (χ4n) is 3.36. The van der Waals surface area contributed by atoms with Crippen molar-refractivity contribution in [2.45, 2.75) is 68.2 Å². The van der Waals surface area contributed by atoms with Crippen molar-refractivity contribution >= 4 is 11.6 Å². The number of allylic oxidation sites excluding steroid dienone is 10. The van der Waals surface area contributed by atoms with Gasteiger partial charge in [-0.05, 0) is 59.1 Å². The van der Waals surface area contributed by atoms with E-state index in [1.165, 1.54) is 0 Å². The van der Waals surface area contributed by atoms with Crippen molar-refractivity contribution in [2.24, 2.45) is 10.8 Å². The lowest BCUT2D eigenvalue weighted by Gasteiger charge is -2.32. The third-order valence-electron chi connectivity index (χ3n) is 5.04. The first-order chi connectivity index (χ1) is 11.9. The van der Waals surface area contributed by atoms with Crippen LogP contribution in [0.25, 0.3) is 0 Å². The molecule has 0 fully saturated rings. The smallest absolute Gasteiger partial charge is 0.186 e. The Morgan fingerprint density at radius 2 is 0.962 bits per heavy atom. The zero-order valence-corrected chi connectivity index (χ0v) is 17.5. The fourth-order valence-corrected chi connectivity index (χ4v) is 3.36. The second-order valence-corrected chi connectivity index (χ2v) is 9.23. The van der Waals surface area contributed by atoms with E-state index < -0.39 is 0 Å². The minimum atomic E-state index is -0.229. The molecular weight excluding hydrogens is 320 g/mol. The van der Waals surface area contributed by atoms with Crippen LogP contribution in [-0.4, -0.2) is 11.6 Å². The third kappa shape index (κ3) is 3.90. The van der Waals surface area contributed by atoms with Crippen LogP contribution in [0.15, 0.2) is 57.7 Å². The molecule has 0 atom stereocenters. The van der Waals surface area contributed by atoms with Crippen molar-refractivity contribution in [1.82, 2.24) is 0 Å². The molecule has 2 nitrogen and oxygen atoms in total. The molecule has 0 radical (unpaired) electrons. The first-order valence-corrected chi connectivity index (χ1v) is 9.59. The highest BCUT2D eigenvalue weighted by molar-refractivity contribution is 6.13. The summed E-state index contributed by atoms with van der Waals surface area (Å²) in [5.74, 6) is 0.298.